The molecule has 100 valence electrons. The van der Waals surface area contributed by atoms with Crippen molar-refractivity contribution in [3.05, 3.63) is 41.8 Å². The molecule has 0 radical (unpaired) electrons. The molecule has 19 heavy (non-hydrogen) atoms. The minimum absolute atomic E-state index is 0.0818. The molecule has 0 aliphatic rings. The fourth-order valence-electron chi connectivity index (χ4n) is 1.69. The Kier molecular flexibility index (Phi) is 3.38. The lowest BCUT2D eigenvalue weighted by Gasteiger charge is -2.20. The van der Waals surface area contributed by atoms with Crippen LogP contribution in [-0.4, -0.2) is 21.8 Å². The lowest BCUT2D eigenvalue weighted by Crippen LogP contribution is -2.25. The number of nitrogens with zero attached hydrogens (tertiary/aromatic N) is 1. The molecule has 0 fully saturated rings. The van der Waals surface area contributed by atoms with Gasteiger partial charge in [-0.15, -0.1) is 0 Å². The first-order valence-corrected chi connectivity index (χ1v) is 5.90. The third-order valence-electron chi connectivity index (χ3n) is 2.41. The van der Waals surface area contributed by atoms with Gasteiger partial charge in [-0.2, -0.15) is 5.10 Å². The molecule has 0 saturated heterocycles. The van der Waals surface area contributed by atoms with Crippen LogP contribution in [0.2, 0.25) is 0 Å². The van der Waals surface area contributed by atoms with Gasteiger partial charge in [0.1, 0.15) is 17.0 Å². The fraction of sp³-hybridized carbons (Fsp3) is 0.286. The number of esters is 1. The average molecular weight is 262 g/mol. The third-order valence-corrected chi connectivity index (χ3v) is 2.41. The van der Waals surface area contributed by atoms with Gasteiger partial charge in [-0.3, -0.25) is 5.10 Å². The highest BCUT2D eigenvalue weighted by molar-refractivity contribution is 5.97. The molecule has 0 aliphatic heterocycles. The molecule has 5 heteroatoms. The van der Waals surface area contributed by atoms with Gasteiger partial charge in [-0.1, -0.05) is 12.1 Å². The normalized spacial score (nSPS) is 11.4. The van der Waals surface area contributed by atoms with Gasteiger partial charge in [-0.05, 0) is 32.9 Å². The summed E-state index contributed by atoms with van der Waals surface area (Å²) in [6, 6.07) is 6.09. The van der Waals surface area contributed by atoms with E-state index in [9.17, 15) is 9.18 Å². The summed E-state index contributed by atoms with van der Waals surface area (Å²) in [4.78, 5) is 12.1. The molecule has 2 rings (SSSR count). The summed E-state index contributed by atoms with van der Waals surface area (Å²) in [6.45, 7) is 5.21. The topological polar surface area (TPSA) is 55.0 Å². The maximum Gasteiger partial charge on any atom is 0.342 e. The number of hydrogen-bond acceptors (Lipinski definition) is 3. The second kappa shape index (κ2) is 4.84. The Morgan fingerprint density at radius 3 is 2.63 bits per heavy atom. The Balaban J connectivity index is 2.47. The van der Waals surface area contributed by atoms with Crippen molar-refractivity contribution in [3.8, 4) is 11.3 Å². The first-order chi connectivity index (χ1) is 8.88. The van der Waals surface area contributed by atoms with Gasteiger partial charge >= 0.3 is 5.97 Å². The van der Waals surface area contributed by atoms with Gasteiger partial charge in [0.2, 0.25) is 0 Å². The highest BCUT2D eigenvalue weighted by Gasteiger charge is 2.24. The van der Waals surface area contributed by atoms with Crippen molar-refractivity contribution in [1.29, 1.82) is 0 Å². The number of benzene rings is 1. The van der Waals surface area contributed by atoms with E-state index in [1.54, 1.807) is 45.2 Å². The Morgan fingerprint density at radius 1 is 1.32 bits per heavy atom. The standard InChI is InChI=1S/C14H15FN2O2/c1-14(2,3)19-13(18)12-9(5-4-6-10(12)15)11-7-8-16-17-11/h4-8H,1-3H3,(H,16,17). The van der Waals surface area contributed by atoms with Crippen molar-refractivity contribution in [2.24, 2.45) is 0 Å². The molecule has 0 spiro atoms. The van der Waals surface area contributed by atoms with Crippen LogP contribution >= 0.6 is 0 Å². The van der Waals surface area contributed by atoms with Crippen LogP contribution in [0.5, 0.6) is 0 Å². The number of H-pyrrole nitrogens is 1. The van der Waals surface area contributed by atoms with Gasteiger partial charge in [0.05, 0.1) is 5.69 Å². The molecule has 1 heterocycles. The molecule has 0 unspecified atom stereocenters. The molecule has 0 bridgehead atoms. The van der Waals surface area contributed by atoms with Crippen LogP contribution in [0.25, 0.3) is 11.3 Å². The highest BCUT2D eigenvalue weighted by Crippen LogP contribution is 2.26. The predicted molar refractivity (Wildman–Crippen MR) is 69.2 cm³/mol. The summed E-state index contributed by atoms with van der Waals surface area (Å²) in [5, 5.41) is 6.52. The zero-order chi connectivity index (χ0) is 14.0. The summed E-state index contributed by atoms with van der Waals surface area (Å²) in [5.41, 5.74) is 0.249. The summed E-state index contributed by atoms with van der Waals surface area (Å²) >= 11 is 0. The summed E-state index contributed by atoms with van der Waals surface area (Å²) in [6.07, 6.45) is 1.54. The van der Waals surface area contributed by atoms with Crippen LogP contribution in [0.4, 0.5) is 4.39 Å². The largest absolute Gasteiger partial charge is 0.456 e. The first-order valence-electron chi connectivity index (χ1n) is 5.90. The number of aromatic amines is 1. The van der Waals surface area contributed by atoms with E-state index in [1.165, 1.54) is 6.07 Å². The fourth-order valence-corrected chi connectivity index (χ4v) is 1.69. The molecule has 0 aliphatic carbocycles. The van der Waals surface area contributed by atoms with Crippen LogP contribution in [0.1, 0.15) is 31.1 Å². The van der Waals surface area contributed by atoms with E-state index in [1.807, 2.05) is 0 Å². The smallest absolute Gasteiger partial charge is 0.342 e. The molecule has 1 N–H and O–H groups in total. The molecule has 4 nitrogen and oxygen atoms in total. The molecule has 1 aromatic carbocycles. The Morgan fingerprint density at radius 2 is 2.05 bits per heavy atom. The second-order valence-electron chi connectivity index (χ2n) is 5.13. The second-order valence-corrected chi connectivity index (χ2v) is 5.13. The molecule has 0 atom stereocenters. The van der Waals surface area contributed by atoms with Crippen LogP contribution in [0.3, 0.4) is 0 Å². The van der Waals surface area contributed by atoms with E-state index >= 15 is 0 Å². The maximum atomic E-state index is 13.9. The lowest BCUT2D eigenvalue weighted by molar-refractivity contribution is 0.00657. The van der Waals surface area contributed by atoms with Gasteiger partial charge in [0.25, 0.3) is 0 Å². The van der Waals surface area contributed by atoms with Crippen LogP contribution in [0, 0.1) is 5.82 Å². The monoisotopic (exact) mass is 262 g/mol. The van der Waals surface area contributed by atoms with E-state index in [0.29, 0.717) is 11.3 Å². The average Bonchev–Trinajstić information content (AvgIpc) is 2.79. The minimum atomic E-state index is -0.685. The van der Waals surface area contributed by atoms with E-state index < -0.39 is 17.4 Å². The highest BCUT2D eigenvalue weighted by atomic mass is 19.1. The van der Waals surface area contributed by atoms with Crippen molar-refractivity contribution in [3.63, 3.8) is 0 Å². The third kappa shape index (κ3) is 2.99. The zero-order valence-electron chi connectivity index (χ0n) is 11.0. The first kappa shape index (κ1) is 13.3. The summed E-state index contributed by atoms with van der Waals surface area (Å²) in [7, 11) is 0. The van der Waals surface area contributed by atoms with E-state index in [-0.39, 0.29) is 5.56 Å². The van der Waals surface area contributed by atoms with Crippen molar-refractivity contribution in [1.82, 2.24) is 10.2 Å². The molecular formula is C14H15FN2O2. The van der Waals surface area contributed by atoms with Crippen molar-refractivity contribution >= 4 is 5.97 Å². The van der Waals surface area contributed by atoms with E-state index in [2.05, 4.69) is 10.2 Å². The molecule has 0 saturated carbocycles. The number of hydrogen-bond donors (Lipinski definition) is 1. The van der Waals surface area contributed by atoms with Crippen molar-refractivity contribution in [2.45, 2.75) is 26.4 Å². The van der Waals surface area contributed by atoms with E-state index in [0.717, 1.165) is 0 Å². The quantitative estimate of drug-likeness (QED) is 0.846. The number of carbonyl (C=O) groups excluding carboxylic acids is 1. The Labute approximate surface area is 110 Å². The van der Waals surface area contributed by atoms with Gasteiger partial charge in [0.15, 0.2) is 0 Å². The Bertz CT molecular complexity index is 586. The van der Waals surface area contributed by atoms with Crippen LogP contribution in [-0.2, 0) is 4.74 Å². The predicted octanol–water partition coefficient (Wildman–Crippen LogP) is 3.17. The zero-order valence-corrected chi connectivity index (χ0v) is 11.0. The summed E-state index contributed by atoms with van der Waals surface area (Å²) < 4.78 is 19.2. The number of aromatic nitrogens is 2. The van der Waals surface area contributed by atoms with Crippen LogP contribution in [0.15, 0.2) is 30.5 Å². The van der Waals surface area contributed by atoms with Crippen LogP contribution < -0.4 is 0 Å². The molecule has 2 aromatic rings. The SMILES string of the molecule is CC(C)(C)OC(=O)c1c(F)cccc1-c1ccn[nH]1. The number of nitrogens with one attached hydrogen (secondary N) is 1. The molecular weight excluding hydrogens is 247 g/mol. The van der Waals surface area contributed by atoms with Gasteiger partial charge < -0.3 is 4.74 Å². The molecule has 0 amide bonds. The Hall–Kier alpha value is -2.17. The summed E-state index contributed by atoms with van der Waals surface area (Å²) in [5.74, 6) is -1.29. The van der Waals surface area contributed by atoms with E-state index in [4.69, 9.17) is 4.74 Å². The van der Waals surface area contributed by atoms with Gasteiger partial charge in [-0.25, -0.2) is 9.18 Å². The van der Waals surface area contributed by atoms with Gasteiger partial charge in [0, 0.05) is 11.8 Å². The van der Waals surface area contributed by atoms with Crippen molar-refractivity contribution in [2.75, 3.05) is 0 Å². The number of rotatable bonds is 2. The number of halogens is 1. The number of ether oxygens (including phenoxy) is 1. The lowest BCUT2D eigenvalue weighted by atomic mass is 10.0. The minimum Gasteiger partial charge on any atom is -0.456 e. The van der Waals surface area contributed by atoms with Crippen molar-refractivity contribution < 1.29 is 13.9 Å². The molecule has 1 aromatic heterocycles. The maximum absolute atomic E-state index is 13.9. The number of carbonyl (C=O) groups is 1.